The highest BCUT2D eigenvalue weighted by Gasteiger charge is 2.21. The molecule has 3 rings (SSSR count). The molecule has 0 saturated heterocycles. The van der Waals surface area contributed by atoms with Gasteiger partial charge in [-0.25, -0.2) is 9.37 Å². The SMILES string of the molecule is COc1cccc(CN(C)Cc2csc(N(C(C)=O)c3ccccc3F)n2)c1OC. The van der Waals surface area contributed by atoms with E-state index < -0.39 is 5.82 Å². The molecule has 0 spiro atoms. The van der Waals surface area contributed by atoms with Crippen LogP contribution in [0.2, 0.25) is 0 Å². The number of ether oxygens (including phenoxy) is 2. The monoisotopic (exact) mass is 429 g/mol. The number of anilines is 2. The largest absolute Gasteiger partial charge is 0.493 e. The van der Waals surface area contributed by atoms with E-state index in [2.05, 4.69) is 9.88 Å². The van der Waals surface area contributed by atoms with Gasteiger partial charge in [0.2, 0.25) is 5.91 Å². The lowest BCUT2D eigenvalue weighted by Gasteiger charge is -2.19. The Hall–Kier alpha value is -2.97. The Labute approximate surface area is 179 Å². The number of amides is 1. The topological polar surface area (TPSA) is 54.9 Å². The molecule has 0 aliphatic heterocycles. The van der Waals surface area contributed by atoms with Crippen LogP contribution >= 0.6 is 11.3 Å². The molecule has 0 atom stereocenters. The number of aromatic nitrogens is 1. The predicted octanol–water partition coefficient (Wildman–Crippen LogP) is 4.62. The number of hydrogen-bond donors (Lipinski definition) is 0. The van der Waals surface area contributed by atoms with Crippen LogP contribution in [0.15, 0.2) is 47.8 Å². The van der Waals surface area contributed by atoms with Crippen LogP contribution in [-0.4, -0.2) is 37.1 Å². The first-order valence-electron chi connectivity index (χ1n) is 9.32. The first-order chi connectivity index (χ1) is 14.4. The molecule has 0 radical (unpaired) electrons. The number of nitrogens with zero attached hydrogens (tertiary/aromatic N) is 3. The van der Waals surface area contributed by atoms with Crippen LogP contribution in [0.3, 0.4) is 0 Å². The highest BCUT2D eigenvalue weighted by atomic mass is 32.1. The lowest BCUT2D eigenvalue weighted by atomic mass is 10.1. The molecule has 30 heavy (non-hydrogen) atoms. The molecule has 0 aliphatic rings. The Balaban J connectivity index is 1.77. The molecule has 0 aliphatic carbocycles. The summed E-state index contributed by atoms with van der Waals surface area (Å²) in [4.78, 5) is 20.1. The lowest BCUT2D eigenvalue weighted by molar-refractivity contribution is -0.115. The van der Waals surface area contributed by atoms with Gasteiger partial charge in [-0.3, -0.25) is 14.6 Å². The van der Waals surface area contributed by atoms with Crippen molar-refractivity contribution < 1.29 is 18.7 Å². The Kier molecular flexibility index (Phi) is 7.02. The fraction of sp³-hybridized carbons (Fsp3) is 0.273. The maximum Gasteiger partial charge on any atom is 0.230 e. The maximum atomic E-state index is 14.2. The van der Waals surface area contributed by atoms with E-state index in [0.717, 1.165) is 11.3 Å². The fourth-order valence-corrected chi connectivity index (χ4v) is 4.08. The number of hydrogen-bond acceptors (Lipinski definition) is 6. The molecule has 1 heterocycles. The number of benzene rings is 2. The summed E-state index contributed by atoms with van der Waals surface area (Å²) in [5, 5.41) is 2.32. The van der Waals surface area contributed by atoms with Crippen molar-refractivity contribution in [1.29, 1.82) is 0 Å². The Morgan fingerprint density at radius 1 is 1.10 bits per heavy atom. The smallest absolute Gasteiger partial charge is 0.230 e. The minimum atomic E-state index is -0.466. The number of para-hydroxylation sites is 2. The summed E-state index contributed by atoms with van der Waals surface area (Å²) in [6.45, 7) is 2.57. The van der Waals surface area contributed by atoms with Gasteiger partial charge in [-0.15, -0.1) is 11.3 Å². The van der Waals surface area contributed by atoms with Crippen molar-refractivity contribution in [3.8, 4) is 11.5 Å². The van der Waals surface area contributed by atoms with Gasteiger partial charge in [0.15, 0.2) is 16.6 Å². The summed E-state index contributed by atoms with van der Waals surface area (Å²) < 4.78 is 25.1. The first kappa shape index (κ1) is 21.7. The number of carbonyl (C=O) groups is 1. The van der Waals surface area contributed by atoms with Gasteiger partial charge in [-0.2, -0.15) is 0 Å². The molecule has 158 valence electrons. The van der Waals surface area contributed by atoms with E-state index in [9.17, 15) is 9.18 Å². The highest BCUT2D eigenvalue weighted by Crippen LogP contribution is 2.33. The van der Waals surface area contributed by atoms with Gasteiger partial charge in [0, 0.05) is 31.0 Å². The van der Waals surface area contributed by atoms with Crippen LogP contribution in [0.1, 0.15) is 18.2 Å². The average molecular weight is 430 g/mol. The Morgan fingerprint density at radius 3 is 2.53 bits per heavy atom. The fourth-order valence-electron chi connectivity index (χ4n) is 3.21. The van der Waals surface area contributed by atoms with Crippen LogP contribution in [0.4, 0.5) is 15.2 Å². The first-order valence-corrected chi connectivity index (χ1v) is 10.2. The zero-order valence-electron chi connectivity index (χ0n) is 17.4. The van der Waals surface area contributed by atoms with Crippen molar-refractivity contribution in [2.24, 2.45) is 0 Å². The zero-order valence-corrected chi connectivity index (χ0v) is 18.2. The summed E-state index contributed by atoms with van der Waals surface area (Å²) in [5.74, 6) is 0.622. The van der Waals surface area contributed by atoms with Crippen molar-refractivity contribution in [3.63, 3.8) is 0 Å². The molecule has 8 heteroatoms. The minimum Gasteiger partial charge on any atom is -0.493 e. The van der Waals surface area contributed by atoms with Crippen LogP contribution in [0.5, 0.6) is 11.5 Å². The number of rotatable bonds is 8. The summed E-state index contributed by atoms with van der Waals surface area (Å²) in [6.07, 6.45) is 0. The van der Waals surface area contributed by atoms with Gasteiger partial charge in [0.25, 0.3) is 0 Å². The normalized spacial score (nSPS) is 10.9. The molecule has 0 unspecified atom stereocenters. The molecule has 1 aromatic heterocycles. The van der Waals surface area contributed by atoms with E-state index in [1.165, 1.54) is 29.2 Å². The van der Waals surface area contributed by atoms with E-state index >= 15 is 0 Å². The van der Waals surface area contributed by atoms with Crippen LogP contribution < -0.4 is 14.4 Å². The van der Waals surface area contributed by atoms with Crippen LogP contribution in [0.25, 0.3) is 0 Å². The van der Waals surface area contributed by atoms with E-state index in [4.69, 9.17) is 9.47 Å². The minimum absolute atomic E-state index is 0.195. The average Bonchev–Trinajstić information content (AvgIpc) is 3.16. The molecule has 1 amide bonds. The van der Waals surface area contributed by atoms with Crippen LogP contribution in [-0.2, 0) is 17.9 Å². The van der Waals surface area contributed by atoms with Crippen molar-refractivity contribution in [2.75, 3.05) is 26.2 Å². The van der Waals surface area contributed by atoms with E-state index in [1.54, 1.807) is 32.4 Å². The third-order valence-corrected chi connectivity index (χ3v) is 5.37. The summed E-state index contributed by atoms with van der Waals surface area (Å²) in [6, 6.07) is 11.9. The van der Waals surface area contributed by atoms with E-state index in [-0.39, 0.29) is 11.6 Å². The van der Waals surface area contributed by atoms with Gasteiger partial charge in [0.05, 0.1) is 25.6 Å². The van der Waals surface area contributed by atoms with Crippen LogP contribution in [0, 0.1) is 5.82 Å². The predicted molar refractivity (Wildman–Crippen MR) is 116 cm³/mol. The van der Waals surface area contributed by atoms with Gasteiger partial charge in [-0.05, 0) is 25.2 Å². The molecule has 0 N–H and O–H groups in total. The number of halogens is 1. The number of thiazole rings is 1. The molecular weight excluding hydrogens is 405 g/mol. The molecule has 3 aromatic rings. The molecule has 6 nitrogen and oxygen atoms in total. The van der Waals surface area contributed by atoms with E-state index in [1.807, 2.05) is 30.6 Å². The zero-order chi connectivity index (χ0) is 21.7. The number of methoxy groups -OCH3 is 2. The molecule has 2 aromatic carbocycles. The quantitative estimate of drug-likeness (QED) is 0.523. The second-order valence-electron chi connectivity index (χ2n) is 6.75. The van der Waals surface area contributed by atoms with Crippen molar-refractivity contribution in [3.05, 3.63) is 64.9 Å². The Bertz CT molecular complexity index is 1020. The van der Waals surface area contributed by atoms with Crippen molar-refractivity contribution in [2.45, 2.75) is 20.0 Å². The second-order valence-corrected chi connectivity index (χ2v) is 7.59. The summed E-state index contributed by atoms with van der Waals surface area (Å²) in [7, 11) is 5.20. The molecular formula is C22H24FN3O3S. The standard InChI is InChI=1S/C22H24FN3O3S/c1-15(27)26(19-10-6-5-9-18(19)23)22-24-17(14-30-22)13-25(2)12-16-8-7-11-20(28-3)21(16)29-4/h5-11,14H,12-13H2,1-4H3. The molecule has 0 fully saturated rings. The third-order valence-electron chi connectivity index (χ3n) is 4.50. The van der Waals surface area contributed by atoms with Gasteiger partial charge >= 0.3 is 0 Å². The third kappa shape index (κ3) is 4.77. The van der Waals surface area contributed by atoms with E-state index in [0.29, 0.717) is 29.7 Å². The van der Waals surface area contributed by atoms with Gasteiger partial charge in [-0.1, -0.05) is 24.3 Å². The van der Waals surface area contributed by atoms with Crippen molar-refractivity contribution in [1.82, 2.24) is 9.88 Å². The summed E-state index contributed by atoms with van der Waals surface area (Å²) in [5.41, 5.74) is 1.98. The number of carbonyl (C=O) groups excluding carboxylic acids is 1. The summed E-state index contributed by atoms with van der Waals surface area (Å²) >= 11 is 1.31. The molecule has 0 saturated carbocycles. The van der Waals surface area contributed by atoms with Gasteiger partial charge < -0.3 is 9.47 Å². The second kappa shape index (κ2) is 9.69. The highest BCUT2D eigenvalue weighted by molar-refractivity contribution is 7.14. The maximum absolute atomic E-state index is 14.2. The van der Waals surface area contributed by atoms with Crippen molar-refractivity contribution >= 4 is 28.1 Å². The molecule has 0 bridgehead atoms. The Morgan fingerprint density at radius 2 is 1.87 bits per heavy atom. The lowest BCUT2D eigenvalue weighted by Crippen LogP contribution is -2.24. The van der Waals surface area contributed by atoms with Gasteiger partial charge in [0.1, 0.15) is 5.82 Å².